The minimum atomic E-state index is 0.668. The Morgan fingerprint density at radius 3 is 2.75 bits per heavy atom. The molecule has 20 heavy (non-hydrogen) atoms. The molecule has 0 amide bonds. The van der Waals surface area contributed by atoms with E-state index in [9.17, 15) is 0 Å². The predicted octanol–water partition coefficient (Wildman–Crippen LogP) is 2.48. The van der Waals surface area contributed by atoms with Crippen LogP contribution in [0.4, 0.5) is 0 Å². The fourth-order valence-electron chi connectivity index (χ4n) is 2.25. The molecule has 1 aromatic rings. The van der Waals surface area contributed by atoms with E-state index >= 15 is 0 Å². The van der Waals surface area contributed by atoms with Crippen LogP contribution in [0.1, 0.15) is 47.2 Å². The lowest BCUT2D eigenvalue weighted by Crippen LogP contribution is -2.15. The molecular weight excluding hydrogens is 272 g/mol. The number of hydrogen-bond acceptors (Lipinski definition) is 5. The largest absolute Gasteiger partial charge is 0.382 e. The maximum Gasteiger partial charge on any atom is 0.0954 e. The Morgan fingerprint density at radius 1 is 1.20 bits per heavy atom. The van der Waals surface area contributed by atoms with Gasteiger partial charge in [-0.3, -0.25) is 0 Å². The van der Waals surface area contributed by atoms with Crippen LogP contribution in [0, 0.1) is 0 Å². The molecule has 5 heteroatoms. The van der Waals surface area contributed by atoms with Crippen molar-refractivity contribution >= 4 is 11.3 Å². The molecular formula is C15H24N2O2S. The molecule has 4 nitrogen and oxygen atoms in total. The van der Waals surface area contributed by atoms with Gasteiger partial charge in [0.25, 0.3) is 0 Å². The summed E-state index contributed by atoms with van der Waals surface area (Å²) in [7, 11) is 1.70. The summed E-state index contributed by atoms with van der Waals surface area (Å²) in [6, 6.07) is 0.769. The van der Waals surface area contributed by atoms with Crippen LogP contribution in [0.15, 0.2) is 0 Å². The first-order valence-corrected chi connectivity index (χ1v) is 8.47. The number of aromatic nitrogens is 1. The van der Waals surface area contributed by atoms with E-state index in [4.69, 9.17) is 14.5 Å². The lowest BCUT2D eigenvalue weighted by Gasteiger charge is -2.01. The molecule has 0 aliphatic heterocycles. The fourth-order valence-corrected chi connectivity index (χ4v) is 3.34. The van der Waals surface area contributed by atoms with Crippen molar-refractivity contribution in [2.24, 2.45) is 0 Å². The first-order chi connectivity index (χ1) is 9.86. The zero-order valence-electron chi connectivity index (χ0n) is 12.2. The Balaban J connectivity index is 1.49. The fraction of sp³-hybridized carbons (Fsp3) is 0.800. The molecule has 1 heterocycles. The summed E-state index contributed by atoms with van der Waals surface area (Å²) in [5.74, 6) is 0.741. The quantitative estimate of drug-likeness (QED) is 0.674. The molecule has 112 valence electrons. The molecule has 2 aliphatic rings. The van der Waals surface area contributed by atoms with Crippen molar-refractivity contribution in [2.45, 2.75) is 50.6 Å². The summed E-state index contributed by atoms with van der Waals surface area (Å²) in [6.45, 7) is 3.10. The number of nitrogens with one attached hydrogen (secondary N) is 1. The molecule has 1 N–H and O–H groups in total. The lowest BCUT2D eigenvalue weighted by molar-refractivity contribution is 0.0722. The molecule has 2 saturated carbocycles. The van der Waals surface area contributed by atoms with Crippen molar-refractivity contribution in [3.8, 4) is 0 Å². The Bertz CT molecular complexity index is 428. The maximum absolute atomic E-state index is 5.54. The highest BCUT2D eigenvalue weighted by Gasteiger charge is 2.30. The number of nitrogens with zero attached hydrogens (tertiary/aromatic N) is 1. The number of hydrogen-bond donors (Lipinski definition) is 1. The van der Waals surface area contributed by atoms with Crippen LogP contribution in [-0.2, 0) is 22.4 Å². The molecule has 0 atom stereocenters. The molecule has 3 rings (SSSR count). The van der Waals surface area contributed by atoms with Crippen molar-refractivity contribution in [1.82, 2.24) is 10.3 Å². The second-order valence-electron chi connectivity index (χ2n) is 5.70. The van der Waals surface area contributed by atoms with E-state index in [1.165, 1.54) is 41.3 Å². The zero-order chi connectivity index (χ0) is 13.8. The number of methoxy groups -OCH3 is 1. The van der Waals surface area contributed by atoms with E-state index in [0.29, 0.717) is 13.2 Å². The van der Waals surface area contributed by atoms with Gasteiger partial charge in [0.2, 0.25) is 0 Å². The molecule has 0 unspecified atom stereocenters. The Morgan fingerprint density at radius 2 is 2.05 bits per heavy atom. The second-order valence-corrected chi connectivity index (χ2v) is 6.87. The van der Waals surface area contributed by atoms with Crippen molar-refractivity contribution in [3.63, 3.8) is 0 Å². The maximum atomic E-state index is 5.54. The van der Waals surface area contributed by atoms with Crippen LogP contribution >= 0.6 is 11.3 Å². The summed E-state index contributed by atoms with van der Waals surface area (Å²) in [5, 5.41) is 4.85. The van der Waals surface area contributed by atoms with Crippen molar-refractivity contribution < 1.29 is 9.47 Å². The minimum absolute atomic E-state index is 0.668. The smallest absolute Gasteiger partial charge is 0.0954 e. The highest BCUT2D eigenvalue weighted by Crippen LogP contribution is 2.42. The lowest BCUT2D eigenvalue weighted by atomic mass is 10.2. The first kappa shape index (κ1) is 14.4. The Kier molecular flexibility index (Phi) is 5.04. The summed E-state index contributed by atoms with van der Waals surface area (Å²) in [4.78, 5) is 6.32. The van der Waals surface area contributed by atoms with Gasteiger partial charge in [-0.05, 0) is 25.7 Å². The summed E-state index contributed by atoms with van der Waals surface area (Å²) in [5.41, 5.74) is 1.37. The summed E-state index contributed by atoms with van der Waals surface area (Å²) in [6.07, 6.45) is 6.26. The van der Waals surface area contributed by atoms with Gasteiger partial charge in [0.1, 0.15) is 0 Å². The van der Waals surface area contributed by atoms with Gasteiger partial charge in [-0.25, -0.2) is 4.98 Å². The van der Waals surface area contributed by atoms with Crippen LogP contribution in [-0.4, -0.2) is 38.0 Å². The third kappa shape index (κ3) is 4.25. The molecule has 0 saturated heterocycles. The summed E-state index contributed by atoms with van der Waals surface area (Å²) < 4.78 is 10.5. The van der Waals surface area contributed by atoms with E-state index in [0.717, 1.165) is 31.5 Å². The molecule has 2 aliphatic carbocycles. The van der Waals surface area contributed by atoms with Gasteiger partial charge in [-0.15, -0.1) is 11.3 Å². The Hall–Kier alpha value is -0.490. The summed E-state index contributed by atoms with van der Waals surface area (Å²) >= 11 is 1.88. The molecule has 0 radical (unpaired) electrons. The zero-order valence-corrected chi connectivity index (χ0v) is 13.0. The monoisotopic (exact) mass is 296 g/mol. The van der Waals surface area contributed by atoms with Crippen molar-refractivity contribution in [2.75, 3.05) is 26.9 Å². The van der Waals surface area contributed by atoms with Gasteiger partial charge in [-0.2, -0.15) is 0 Å². The third-order valence-corrected chi connectivity index (χ3v) is 4.89. The number of thiazole rings is 1. The van der Waals surface area contributed by atoms with E-state index in [1.807, 2.05) is 11.3 Å². The normalized spacial score (nSPS) is 18.6. The topological polar surface area (TPSA) is 43.4 Å². The van der Waals surface area contributed by atoms with Gasteiger partial charge in [0, 0.05) is 36.9 Å². The predicted molar refractivity (Wildman–Crippen MR) is 80.3 cm³/mol. The third-order valence-electron chi connectivity index (χ3n) is 3.76. The van der Waals surface area contributed by atoms with Gasteiger partial charge in [0.15, 0.2) is 0 Å². The highest BCUT2D eigenvalue weighted by atomic mass is 32.1. The van der Waals surface area contributed by atoms with E-state index in [2.05, 4.69) is 5.32 Å². The van der Waals surface area contributed by atoms with Gasteiger partial charge >= 0.3 is 0 Å². The van der Waals surface area contributed by atoms with Gasteiger partial charge in [-0.1, -0.05) is 0 Å². The average molecular weight is 296 g/mol. The number of ether oxygens (including phenoxy) is 2. The number of rotatable bonds is 10. The van der Waals surface area contributed by atoms with Crippen LogP contribution in [0.5, 0.6) is 0 Å². The van der Waals surface area contributed by atoms with Gasteiger partial charge in [0.05, 0.1) is 30.5 Å². The van der Waals surface area contributed by atoms with Crippen LogP contribution in [0.3, 0.4) is 0 Å². The standard InChI is InChI=1S/C15H24N2O2S/c1-18-8-9-19-7-6-14-17-15(11-2-3-11)13(20-14)10-16-12-4-5-12/h11-12,16H,2-10H2,1H3. The minimum Gasteiger partial charge on any atom is -0.382 e. The van der Waals surface area contributed by atoms with E-state index in [-0.39, 0.29) is 0 Å². The average Bonchev–Trinajstić information content (AvgIpc) is 3.36. The van der Waals surface area contributed by atoms with Gasteiger partial charge < -0.3 is 14.8 Å². The van der Waals surface area contributed by atoms with E-state index < -0.39 is 0 Å². The van der Waals surface area contributed by atoms with Crippen LogP contribution in [0.2, 0.25) is 0 Å². The van der Waals surface area contributed by atoms with Crippen molar-refractivity contribution in [1.29, 1.82) is 0 Å². The van der Waals surface area contributed by atoms with Crippen LogP contribution in [0.25, 0.3) is 0 Å². The van der Waals surface area contributed by atoms with Crippen LogP contribution < -0.4 is 5.32 Å². The first-order valence-electron chi connectivity index (χ1n) is 7.65. The SMILES string of the molecule is COCCOCCc1nc(C2CC2)c(CNC2CC2)s1. The Labute approximate surface area is 124 Å². The molecule has 1 aromatic heterocycles. The molecule has 2 fully saturated rings. The second kappa shape index (κ2) is 6.98. The molecule has 0 spiro atoms. The molecule has 0 bridgehead atoms. The van der Waals surface area contributed by atoms with E-state index in [1.54, 1.807) is 7.11 Å². The van der Waals surface area contributed by atoms with Crippen molar-refractivity contribution in [3.05, 3.63) is 15.6 Å². The molecule has 0 aromatic carbocycles. The highest BCUT2D eigenvalue weighted by molar-refractivity contribution is 7.11.